The molecule has 18 heavy (non-hydrogen) atoms. The molecule has 0 radical (unpaired) electrons. The fourth-order valence-corrected chi connectivity index (χ4v) is 4.58. The van der Waals surface area contributed by atoms with Gasteiger partial charge in [-0.25, -0.2) is 0 Å². The van der Waals surface area contributed by atoms with Gasteiger partial charge in [0.15, 0.2) is 0 Å². The molecular formula is C14H29NO2S. The van der Waals surface area contributed by atoms with E-state index in [1.807, 2.05) is 0 Å². The van der Waals surface area contributed by atoms with Crippen LogP contribution in [-0.2, 0) is 15.5 Å². The molecule has 0 aliphatic carbocycles. The lowest BCUT2D eigenvalue weighted by molar-refractivity contribution is 0.128. The Morgan fingerprint density at radius 2 is 2.17 bits per heavy atom. The molecule has 1 aliphatic rings. The molecule has 0 saturated carbocycles. The van der Waals surface area contributed by atoms with Gasteiger partial charge in [0.1, 0.15) is 0 Å². The van der Waals surface area contributed by atoms with Crippen LogP contribution in [0.5, 0.6) is 0 Å². The zero-order valence-corrected chi connectivity index (χ0v) is 12.9. The third-order valence-corrected chi connectivity index (χ3v) is 5.67. The Balaban J connectivity index is 2.52. The maximum Gasteiger partial charge on any atom is 0.0691 e. The Bertz CT molecular complexity index is 236. The van der Waals surface area contributed by atoms with E-state index in [1.165, 1.54) is 0 Å². The predicted octanol–water partition coefficient (Wildman–Crippen LogP) is 2.47. The topological polar surface area (TPSA) is 38.3 Å². The van der Waals surface area contributed by atoms with Crippen molar-refractivity contribution < 1.29 is 8.95 Å². The predicted molar refractivity (Wildman–Crippen MR) is 78.4 cm³/mol. The van der Waals surface area contributed by atoms with Crippen LogP contribution in [0.2, 0.25) is 0 Å². The Morgan fingerprint density at radius 3 is 2.67 bits per heavy atom. The molecule has 0 amide bonds. The molecule has 0 aromatic rings. The van der Waals surface area contributed by atoms with Crippen molar-refractivity contribution in [2.45, 2.75) is 70.3 Å². The highest BCUT2D eigenvalue weighted by Crippen LogP contribution is 2.18. The molecule has 1 saturated heterocycles. The second-order valence-corrected chi connectivity index (χ2v) is 6.78. The van der Waals surface area contributed by atoms with Gasteiger partial charge in [-0.1, -0.05) is 27.2 Å². The average Bonchev–Trinajstić information content (AvgIpc) is 2.83. The molecule has 108 valence electrons. The SMILES string of the molecule is CCCC(NCC)C(CC)S(=O)CC1CCCO1. The van der Waals surface area contributed by atoms with E-state index in [9.17, 15) is 4.21 Å². The van der Waals surface area contributed by atoms with Gasteiger partial charge in [0, 0.05) is 28.7 Å². The largest absolute Gasteiger partial charge is 0.377 e. The summed E-state index contributed by atoms with van der Waals surface area (Å²) in [6.07, 6.45) is 5.70. The fourth-order valence-electron chi connectivity index (χ4n) is 2.73. The Labute approximate surface area is 115 Å². The molecule has 1 heterocycles. The van der Waals surface area contributed by atoms with Crippen LogP contribution in [0.1, 0.15) is 52.9 Å². The third kappa shape index (κ3) is 4.98. The number of hydrogen-bond acceptors (Lipinski definition) is 3. The molecule has 0 aromatic carbocycles. The van der Waals surface area contributed by atoms with E-state index >= 15 is 0 Å². The van der Waals surface area contributed by atoms with E-state index in [-0.39, 0.29) is 11.4 Å². The van der Waals surface area contributed by atoms with Gasteiger partial charge in [0.2, 0.25) is 0 Å². The van der Waals surface area contributed by atoms with E-state index in [4.69, 9.17) is 4.74 Å². The van der Waals surface area contributed by atoms with Crippen LogP contribution < -0.4 is 5.32 Å². The van der Waals surface area contributed by atoms with Gasteiger partial charge in [-0.15, -0.1) is 0 Å². The Morgan fingerprint density at radius 1 is 1.39 bits per heavy atom. The fraction of sp³-hybridized carbons (Fsp3) is 1.00. The van der Waals surface area contributed by atoms with Crippen molar-refractivity contribution in [1.29, 1.82) is 0 Å². The molecule has 0 bridgehead atoms. The molecular weight excluding hydrogens is 246 g/mol. The number of nitrogens with one attached hydrogen (secondary N) is 1. The first-order chi connectivity index (χ1) is 8.72. The van der Waals surface area contributed by atoms with E-state index in [2.05, 4.69) is 26.1 Å². The molecule has 4 atom stereocenters. The highest BCUT2D eigenvalue weighted by molar-refractivity contribution is 7.85. The minimum absolute atomic E-state index is 0.240. The van der Waals surface area contributed by atoms with Crippen LogP contribution in [0, 0.1) is 0 Å². The summed E-state index contributed by atoms with van der Waals surface area (Å²) in [4.78, 5) is 0. The monoisotopic (exact) mass is 275 g/mol. The third-order valence-electron chi connectivity index (χ3n) is 3.63. The smallest absolute Gasteiger partial charge is 0.0691 e. The Kier molecular flexibility index (Phi) is 8.11. The van der Waals surface area contributed by atoms with Crippen LogP contribution >= 0.6 is 0 Å². The summed E-state index contributed by atoms with van der Waals surface area (Å²) in [5.41, 5.74) is 0. The van der Waals surface area contributed by atoms with Crippen molar-refractivity contribution in [3.63, 3.8) is 0 Å². The van der Waals surface area contributed by atoms with Crippen LogP contribution in [-0.4, -0.2) is 40.5 Å². The van der Waals surface area contributed by atoms with Gasteiger partial charge < -0.3 is 10.1 Å². The molecule has 0 spiro atoms. The lowest BCUT2D eigenvalue weighted by Gasteiger charge is -2.27. The van der Waals surface area contributed by atoms with E-state index in [0.717, 1.165) is 51.0 Å². The molecule has 1 aliphatic heterocycles. The standard InChI is InChI=1S/C14H29NO2S/c1-4-8-13(15-6-3)14(5-2)18(16)11-12-9-7-10-17-12/h12-15H,4-11H2,1-3H3. The summed E-state index contributed by atoms with van der Waals surface area (Å²) in [6.45, 7) is 8.28. The number of ether oxygens (including phenoxy) is 1. The second-order valence-electron chi connectivity index (χ2n) is 5.08. The van der Waals surface area contributed by atoms with E-state index < -0.39 is 10.8 Å². The lowest BCUT2D eigenvalue weighted by atomic mass is 10.1. The van der Waals surface area contributed by atoms with Crippen LogP contribution in [0.4, 0.5) is 0 Å². The molecule has 1 N–H and O–H groups in total. The number of hydrogen-bond donors (Lipinski definition) is 1. The molecule has 3 nitrogen and oxygen atoms in total. The zero-order valence-electron chi connectivity index (χ0n) is 12.1. The van der Waals surface area contributed by atoms with Gasteiger partial charge >= 0.3 is 0 Å². The molecule has 1 rings (SSSR count). The normalized spacial score (nSPS) is 24.9. The van der Waals surface area contributed by atoms with Gasteiger partial charge in [-0.2, -0.15) is 0 Å². The average molecular weight is 275 g/mol. The molecule has 4 unspecified atom stereocenters. The van der Waals surface area contributed by atoms with Gasteiger partial charge in [-0.05, 0) is 32.2 Å². The van der Waals surface area contributed by atoms with Crippen molar-refractivity contribution in [3.05, 3.63) is 0 Å². The molecule has 4 heteroatoms. The Hall–Kier alpha value is 0.0700. The van der Waals surface area contributed by atoms with Gasteiger partial charge in [0.05, 0.1) is 11.9 Å². The van der Waals surface area contributed by atoms with E-state index in [1.54, 1.807) is 0 Å². The molecule has 1 fully saturated rings. The van der Waals surface area contributed by atoms with Crippen molar-refractivity contribution in [2.24, 2.45) is 0 Å². The highest BCUT2D eigenvalue weighted by Gasteiger charge is 2.27. The van der Waals surface area contributed by atoms with Crippen molar-refractivity contribution in [2.75, 3.05) is 18.9 Å². The quantitative estimate of drug-likeness (QED) is 0.702. The van der Waals surface area contributed by atoms with E-state index in [0.29, 0.717) is 6.04 Å². The van der Waals surface area contributed by atoms with Crippen molar-refractivity contribution in [1.82, 2.24) is 5.32 Å². The first-order valence-corrected chi connectivity index (χ1v) is 8.83. The van der Waals surface area contributed by atoms with Crippen LogP contribution in [0.15, 0.2) is 0 Å². The summed E-state index contributed by atoms with van der Waals surface area (Å²) < 4.78 is 18.1. The van der Waals surface area contributed by atoms with Crippen molar-refractivity contribution in [3.8, 4) is 0 Å². The summed E-state index contributed by atoms with van der Waals surface area (Å²) in [5, 5.41) is 3.78. The number of rotatable bonds is 9. The van der Waals surface area contributed by atoms with Gasteiger partial charge in [0.25, 0.3) is 0 Å². The first kappa shape index (κ1) is 16.1. The van der Waals surface area contributed by atoms with Crippen LogP contribution in [0.3, 0.4) is 0 Å². The molecule has 0 aromatic heterocycles. The second kappa shape index (κ2) is 9.05. The zero-order chi connectivity index (χ0) is 13.4. The maximum absolute atomic E-state index is 12.5. The minimum atomic E-state index is -0.768. The summed E-state index contributed by atoms with van der Waals surface area (Å²) >= 11 is 0. The highest BCUT2D eigenvalue weighted by atomic mass is 32.2. The van der Waals surface area contributed by atoms with Gasteiger partial charge in [-0.3, -0.25) is 4.21 Å². The first-order valence-electron chi connectivity index (χ1n) is 7.45. The van der Waals surface area contributed by atoms with Crippen molar-refractivity contribution >= 4 is 10.8 Å². The summed E-state index contributed by atoms with van der Waals surface area (Å²) in [7, 11) is -0.768. The summed E-state index contributed by atoms with van der Waals surface area (Å²) in [6, 6.07) is 0.396. The summed E-state index contributed by atoms with van der Waals surface area (Å²) in [5.74, 6) is 0.726. The lowest BCUT2D eigenvalue weighted by Crippen LogP contribution is -2.43. The van der Waals surface area contributed by atoms with Crippen LogP contribution in [0.25, 0.3) is 0 Å². The minimum Gasteiger partial charge on any atom is -0.377 e. The maximum atomic E-state index is 12.5.